The van der Waals surface area contributed by atoms with Crippen LogP contribution < -0.4 is 0 Å². The fourth-order valence-corrected chi connectivity index (χ4v) is 8.89. The molecule has 0 saturated carbocycles. The summed E-state index contributed by atoms with van der Waals surface area (Å²) in [6.07, 6.45) is 1.84. The standard InChI is InChI=1S/C56H36N6/c1-4-14-38(15-5-1)54-58-55(39-16-6-2-7-17-39)60-56(59-54)49-34-42(32-33-57-49)41-27-31-48-46-21-11-13-23-51(46)62(53(48)36-41)44-28-24-37(25-29-44)40-26-30-47-45-20-10-12-22-50(45)61(52(47)35-40)43-18-8-3-9-19-43/h1-36H. The first-order valence-electron chi connectivity index (χ1n) is 20.8. The number of hydrogen-bond acceptors (Lipinski definition) is 4. The highest BCUT2D eigenvalue weighted by Gasteiger charge is 2.17. The lowest BCUT2D eigenvalue weighted by atomic mass is 10.0. The van der Waals surface area contributed by atoms with Gasteiger partial charge in [0.15, 0.2) is 17.5 Å². The Hall–Kier alpha value is -8.48. The molecule has 6 heteroatoms. The fourth-order valence-electron chi connectivity index (χ4n) is 8.89. The average molecular weight is 793 g/mol. The van der Waals surface area contributed by atoms with Crippen LogP contribution in [0.4, 0.5) is 0 Å². The lowest BCUT2D eigenvalue weighted by Gasteiger charge is -2.12. The Morgan fingerprint density at radius 1 is 0.274 bits per heavy atom. The third-order valence-corrected chi connectivity index (χ3v) is 11.8. The second-order valence-electron chi connectivity index (χ2n) is 15.5. The van der Waals surface area contributed by atoms with Gasteiger partial charge in [-0.2, -0.15) is 0 Å². The third-order valence-electron chi connectivity index (χ3n) is 11.8. The zero-order valence-electron chi connectivity index (χ0n) is 33.5. The number of para-hydroxylation sites is 3. The zero-order chi connectivity index (χ0) is 41.0. The Bertz CT molecular complexity index is 3550. The number of pyridine rings is 1. The molecule has 0 aliphatic carbocycles. The first kappa shape index (κ1) is 35.5. The van der Waals surface area contributed by atoms with Gasteiger partial charge in [-0.25, -0.2) is 15.0 Å². The summed E-state index contributed by atoms with van der Waals surface area (Å²) in [6, 6.07) is 74.7. The van der Waals surface area contributed by atoms with E-state index in [-0.39, 0.29) is 0 Å². The van der Waals surface area contributed by atoms with Crippen LogP contribution in [0.5, 0.6) is 0 Å². The van der Waals surface area contributed by atoms with Crippen molar-refractivity contribution in [3.05, 3.63) is 219 Å². The molecule has 4 aromatic heterocycles. The number of aromatic nitrogens is 6. The molecule has 0 atom stereocenters. The first-order chi connectivity index (χ1) is 30.7. The summed E-state index contributed by atoms with van der Waals surface area (Å²) in [7, 11) is 0. The maximum absolute atomic E-state index is 4.95. The Morgan fingerprint density at radius 3 is 1.26 bits per heavy atom. The number of hydrogen-bond donors (Lipinski definition) is 0. The van der Waals surface area contributed by atoms with Crippen molar-refractivity contribution in [1.82, 2.24) is 29.1 Å². The van der Waals surface area contributed by atoms with Crippen molar-refractivity contribution >= 4 is 43.6 Å². The number of rotatable bonds is 7. The SMILES string of the molecule is c1ccc(-c2nc(-c3ccccc3)nc(-c3cc(-c4ccc5c6ccccc6n(-c6ccc(-c7ccc8c9ccccc9n(-c9ccccc9)c8c7)cc6)c5c4)ccn3)n2)cc1. The molecule has 0 unspecified atom stereocenters. The molecule has 0 radical (unpaired) electrons. The van der Waals surface area contributed by atoms with Gasteiger partial charge < -0.3 is 9.13 Å². The Balaban J connectivity index is 0.945. The van der Waals surface area contributed by atoms with E-state index in [0.29, 0.717) is 23.2 Å². The predicted octanol–water partition coefficient (Wildman–Crippen LogP) is 13.8. The van der Waals surface area contributed by atoms with Gasteiger partial charge in [0.2, 0.25) is 0 Å². The summed E-state index contributed by atoms with van der Waals surface area (Å²) < 4.78 is 4.75. The predicted molar refractivity (Wildman–Crippen MR) is 253 cm³/mol. The molecule has 8 aromatic carbocycles. The lowest BCUT2D eigenvalue weighted by Crippen LogP contribution is -2.01. The summed E-state index contributed by atoms with van der Waals surface area (Å²) in [5.41, 5.74) is 13.9. The molecule has 0 fully saturated rings. The maximum Gasteiger partial charge on any atom is 0.182 e. The fraction of sp³-hybridized carbons (Fsp3) is 0. The Morgan fingerprint density at radius 2 is 0.694 bits per heavy atom. The van der Waals surface area contributed by atoms with Gasteiger partial charge in [0, 0.05) is 50.2 Å². The van der Waals surface area contributed by atoms with E-state index >= 15 is 0 Å². The van der Waals surface area contributed by atoms with E-state index in [1.54, 1.807) is 0 Å². The van der Waals surface area contributed by atoms with Gasteiger partial charge in [-0.1, -0.05) is 152 Å². The highest BCUT2D eigenvalue weighted by Crippen LogP contribution is 2.38. The van der Waals surface area contributed by atoms with Gasteiger partial charge in [0.05, 0.1) is 22.1 Å². The van der Waals surface area contributed by atoms with Gasteiger partial charge in [0.1, 0.15) is 5.69 Å². The van der Waals surface area contributed by atoms with Crippen LogP contribution in [0.15, 0.2) is 219 Å². The van der Waals surface area contributed by atoms with E-state index in [1.807, 2.05) is 66.9 Å². The molecule has 290 valence electrons. The molecule has 62 heavy (non-hydrogen) atoms. The summed E-state index contributed by atoms with van der Waals surface area (Å²) >= 11 is 0. The zero-order valence-corrected chi connectivity index (χ0v) is 33.5. The summed E-state index contributed by atoms with van der Waals surface area (Å²) in [5, 5.41) is 4.90. The van der Waals surface area contributed by atoms with Crippen LogP contribution in [0.25, 0.3) is 112 Å². The van der Waals surface area contributed by atoms with Crippen LogP contribution in [0.1, 0.15) is 0 Å². The lowest BCUT2D eigenvalue weighted by molar-refractivity contribution is 1.06. The smallest absolute Gasteiger partial charge is 0.182 e. The van der Waals surface area contributed by atoms with Crippen molar-refractivity contribution in [1.29, 1.82) is 0 Å². The minimum Gasteiger partial charge on any atom is -0.309 e. The molecule has 4 heterocycles. The van der Waals surface area contributed by atoms with Crippen molar-refractivity contribution in [3.63, 3.8) is 0 Å². The van der Waals surface area contributed by atoms with E-state index in [2.05, 4.69) is 161 Å². The topological polar surface area (TPSA) is 61.4 Å². The molecule has 12 aromatic rings. The summed E-state index contributed by atoms with van der Waals surface area (Å²) in [4.78, 5) is 19.6. The highest BCUT2D eigenvalue weighted by atomic mass is 15.0. The third kappa shape index (κ3) is 6.04. The Labute approximate surface area is 357 Å². The van der Waals surface area contributed by atoms with Gasteiger partial charge in [-0.3, -0.25) is 4.98 Å². The van der Waals surface area contributed by atoms with Gasteiger partial charge in [0.25, 0.3) is 0 Å². The summed E-state index contributed by atoms with van der Waals surface area (Å²) in [6.45, 7) is 0. The molecule has 6 nitrogen and oxygen atoms in total. The van der Waals surface area contributed by atoms with Crippen LogP contribution in [-0.2, 0) is 0 Å². The minimum absolute atomic E-state index is 0.524. The van der Waals surface area contributed by atoms with Crippen LogP contribution >= 0.6 is 0 Å². The quantitative estimate of drug-likeness (QED) is 0.161. The summed E-state index contributed by atoms with van der Waals surface area (Å²) in [5.74, 6) is 1.74. The molecule has 0 aliphatic rings. The van der Waals surface area contributed by atoms with Crippen LogP contribution in [0.2, 0.25) is 0 Å². The average Bonchev–Trinajstić information content (AvgIpc) is 3.87. The van der Waals surface area contributed by atoms with Crippen LogP contribution in [0.3, 0.4) is 0 Å². The monoisotopic (exact) mass is 792 g/mol. The molecular formula is C56H36N6. The van der Waals surface area contributed by atoms with E-state index in [4.69, 9.17) is 19.9 Å². The largest absolute Gasteiger partial charge is 0.309 e. The number of nitrogens with zero attached hydrogens (tertiary/aromatic N) is 6. The van der Waals surface area contributed by atoms with Crippen molar-refractivity contribution < 1.29 is 0 Å². The molecular weight excluding hydrogens is 757 g/mol. The van der Waals surface area contributed by atoms with Crippen molar-refractivity contribution in [3.8, 4) is 67.9 Å². The molecule has 12 rings (SSSR count). The van der Waals surface area contributed by atoms with Crippen molar-refractivity contribution in [2.45, 2.75) is 0 Å². The molecule has 0 N–H and O–H groups in total. The maximum atomic E-state index is 4.95. The molecule has 0 bridgehead atoms. The molecule has 0 amide bonds. The van der Waals surface area contributed by atoms with Gasteiger partial charge >= 0.3 is 0 Å². The van der Waals surface area contributed by atoms with E-state index in [0.717, 1.165) is 50.2 Å². The Kier molecular flexibility index (Phi) is 8.38. The van der Waals surface area contributed by atoms with Crippen molar-refractivity contribution in [2.24, 2.45) is 0 Å². The van der Waals surface area contributed by atoms with Gasteiger partial charge in [-0.05, 0) is 82.9 Å². The minimum atomic E-state index is 0.524. The van der Waals surface area contributed by atoms with E-state index < -0.39 is 0 Å². The van der Waals surface area contributed by atoms with Crippen LogP contribution in [-0.4, -0.2) is 29.1 Å². The second-order valence-corrected chi connectivity index (χ2v) is 15.5. The first-order valence-corrected chi connectivity index (χ1v) is 20.8. The molecule has 0 aliphatic heterocycles. The molecule has 0 saturated heterocycles. The van der Waals surface area contributed by atoms with E-state index in [1.165, 1.54) is 38.1 Å². The van der Waals surface area contributed by atoms with E-state index in [9.17, 15) is 0 Å². The highest BCUT2D eigenvalue weighted by molar-refractivity contribution is 6.11. The van der Waals surface area contributed by atoms with Gasteiger partial charge in [-0.15, -0.1) is 0 Å². The number of fused-ring (bicyclic) bond motifs is 6. The van der Waals surface area contributed by atoms with Crippen LogP contribution in [0, 0.1) is 0 Å². The number of benzene rings is 8. The van der Waals surface area contributed by atoms with Crippen molar-refractivity contribution in [2.75, 3.05) is 0 Å². The second kappa shape index (κ2) is 14.7. The normalized spacial score (nSPS) is 11.5. The molecule has 0 spiro atoms.